The maximum atomic E-state index is 11.8. The highest BCUT2D eigenvalue weighted by Crippen LogP contribution is 2.15. The van der Waals surface area contributed by atoms with Gasteiger partial charge in [0.05, 0.1) is 0 Å². The molecule has 0 heterocycles. The van der Waals surface area contributed by atoms with Crippen LogP contribution in [0.1, 0.15) is 28.9 Å². The Bertz CT molecular complexity index is 540. The van der Waals surface area contributed by atoms with E-state index < -0.39 is 0 Å². The molecule has 3 nitrogen and oxygen atoms in total. The smallest absolute Gasteiger partial charge is 0.265 e. The van der Waals surface area contributed by atoms with Crippen molar-refractivity contribution in [3.8, 4) is 0 Å². The summed E-state index contributed by atoms with van der Waals surface area (Å²) in [6.45, 7) is 1.97. The van der Waals surface area contributed by atoms with E-state index in [9.17, 15) is 4.79 Å². The molecule has 98 valence electrons. The number of carbonyl (C=O) groups is 1. The summed E-state index contributed by atoms with van der Waals surface area (Å²) >= 11 is 5.83. The molecule has 0 aromatic heterocycles. The number of nitrogens with one attached hydrogen (secondary N) is 2. The third-order valence-electron chi connectivity index (χ3n) is 2.81. The largest absolute Gasteiger partial charge is 0.287 e. The fraction of sp³-hybridized carbons (Fsp3) is 0.133. The van der Waals surface area contributed by atoms with Gasteiger partial charge in [-0.25, -0.2) is 5.43 Å². The molecule has 0 aliphatic heterocycles. The van der Waals surface area contributed by atoms with Gasteiger partial charge in [-0.15, -0.1) is 0 Å². The van der Waals surface area contributed by atoms with Crippen LogP contribution >= 0.6 is 11.6 Å². The second-order valence-electron chi connectivity index (χ2n) is 4.24. The van der Waals surface area contributed by atoms with Crippen molar-refractivity contribution in [1.82, 2.24) is 10.9 Å². The van der Waals surface area contributed by atoms with Gasteiger partial charge in [0.25, 0.3) is 5.91 Å². The minimum absolute atomic E-state index is 0.00456. The zero-order valence-corrected chi connectivity index (χ0v) is 11.3. The van der Waals surface area contributed by atoms with Gasteiger partial charge in [0, 0.05) is 16.6 Å². The number of hydrogen-bond acceptors (Lipinski definition) is 2. The van der Waals surface area contributed by atoms with Crippen LogP contribution in [0.25, 0.3) is 0 Å². The number of rotatable bonds is 4. The SMILES string of the molecule is C[C@@H](NNC(=O)c1ccccc1)c1ccc(Cl)cc1. The van der Waals surface area contributed by atoms with E-state index in [-0.39, 0.29) is 11.9 Å². The molecule has 0 spiro atoms. The molecule has 0 bridgehead atoms. The van der Waals surface area contributed by atoms with Gasteiger partial charge in [0.15, 0.2) is 0 Å². The van der Waals surface area contributed by atoms with Crippen LogP contribution in [0.4, 0.5) is 0 Å². The van der Waals surface area contributed by atoms with Crippen LogP contribution in [0.2, 0.25) is 5.02 Å². The van der Waals surface area contributed by atoms with Crippen molar-refractivity contribution in [3.63, 3.8) is 0 Å². The molecule has 0 saturated heterocycles. The van der Waals surface area contributed by atoms with Gasteiger partial charge in [0.1, 0.15) is 0 Å². The molecule has 0 fully saturated rings. The highest BCUT2D eigenvalue weighted by Gasteiger charge is 2.08. The van der Waals surface area contributed by atoms with Crippen molar-refractivity contribution in [2.45, 2.75) is 13.0 Å². The maximum absolute atomic E-state index is 11.8. The molecule has 4 heteroatoms. The maximum Gasteiger partial charge on any atom is 0.265 e. The van der Waals surface area contributed by atoms with Gasteiger partial charge in [-0.05, 0) is 36.8 Å². The molecule has 0 saturated carbocycles. The lowest BCUT2D eigenvalue weighted by atomic mass is 10.1. The van der Waals surface area contributed by atoms with E-state index >= 15 is 0 Å². The van der Waals surface area contributed by atoms with Crippen molar-refractivity contribution in [3.05, 3.63) is 70.7 Å². The summed E-state index contributed by atoms with van der Waals surface area (Å²) in [5.41, 5.74) is 7.34. The summed E-state index contributed by atoms with van der Waals surface area (Å²) in [7, 11) is 0. The first-order valence-electron chi connectivity index (χ1n) is 6.03. The van der Waals surface area contributed by atoms with Crippen molar-refractivity contribution < 1.29 is 4.79 Å². The van der Waals surface area contributed by atoms with Crippen LogP contribution < -0.4 is 10.9 Å². The Morgan fingerprint density at radius 2 is 1.68 bits per heavy atom. The summed E-state index contributed by atoms with van der Waals surface area (Å²) in [6, 6.07) is 16.6. The van der Waals surface area contributed by atoms with E-state index in [1.54, 1.807) is 12.1 Å². The Morgan fingerprint density at radius 1 is 1.05 bits per heavy atom. The van der Waals surface area contributed by atoms with Crippen LogP contribution in [0, 0.1) is 0 Å². The molecule has 19 heavy (non-hydrogen) atoms. The molecule has 0 radical (unpaired) electrons. The Labute approximate surface area is 117 Å². The fourth-order valence-corrected chi connectivity index (χ4v) is 1.80. The third kappa shape index (κ3) is 3.81. The summed E-state index contributed by atoms with van der Waals surface area (Å²) in [5, 5.41) is 0.698. The number of hydrogen-bond donors (Lipinski definition) is 2. The number of carbonyl (C=O) groups excluding carboxylic acids is 1. The lowest BCUT2D eigenvalue weighted by Crippen LogP contribution is -2.38. The Kier molecular flexibility index (Phi) is 4.55. The average Bonchev–Trinajstić information content (AvgIpc) is 2.46. The molecule has 0 aliphatic carbocycles. The zero-order chi connectivity index (χ0) is 13.7. The molecule has 0 unspecified atom stereocenters. The predicted molar refractivity (Wildman–Crippen MR) is 76.9 cm³/mol. The number of benzene rings is 2. The summed E-state index contributed by atoms with van der Waals surface area (Å²) in [4.78, 5) is 11.8. The highest BCUT2D eigenvalue weighted by atomic mass is 35.5. The normalized spacial score (nSPS) is 11.9. The third-order valence-corrected chi connectivity index (χ3v) is 3.06. The topological polar surface area (TPSA) is 41.1 Å². The molecule has 1 atom stereocenters. The van der Waals surface area contributed by atoms with Crippen LogP contribution in [0.15, 0.2) is 54.6 Å². The molecule has 2 aromatic rings. The first-order chi connectivity index (χ1) is 9.16. The Morgan fingerprint density at radius 3 is 2.32 bits per heavy atom. The van der Waals surface area contributed by atoms with Gasteiger partial charge >= 0.3 is 0 Å². The molecular weight excluding hydrogens is 260 g/mol. The Balaban J connectivity index is 1.92. The van der Waals surface area contributed by atoms with Gasteiger partial charge in [-0.3, -0.25) is 10.2 Å². The van der Waals surface area contributed by atoms with Crippen LogP contribution in [-0.2, 0) is 0 Å². The van der Waals surface area contributed by atoms with E-state index in [4.69, 9.17) is 11.6 Å². The highest BCUT2D eigenvalue weighted by molar-refractivity contribution is 6.30. The first-order valence-corrected chi connectivity index (χ1v) is 6.41. The van der Waals surface area contributed by atoms with Crippen molar-refractivity contribution in [2.75, 3.05) is 0 Å². The average molecular weight is 275 g/mol. The zero-order valence-electron chi connectivity index (χ0n) is 10.6. The van der Waals surface area contributed by atoms with E-state index in [1.165, 1.54) is 0 Å². The van der Waals surface area contributed by atoms with Crippen molar-refractivity contribution >= 4 is 17.5 Å². The van der Waals surface area contributed by atoms with Gasteiger partial charge < -0.3 is 0 Å². The second kappa shape index (κ2) is 6.36. The summed E-state index contributed by atoms with van der Waals surface area (Å²) < 4.78 is 0. The van der Waals surface area contributed by atoms with Crippen molar-refractivity contribution in [1.29, 1.82) is 0 Å². The molecule has 1 amide bonds. The molecule has 0 aliphatic rings. The molecule has 2 rings (SSSR count). The quantitative estimate of drug-likeness (QED) is 0.840. The van der Waals surface area contributed by atoms with E-state index in [0.29, 0.717) is 10.6 Å². The fourth-order valence-electron chi connectivity index (χ4n) is 1.67. The van der Waals surface area contributed by atoms with Crippen LogP contribution in [-0.4, -0.2) is 5.91 Å². The minimum atomic E-state index is -0.151. The minimum Gasteiger partial charge on any atom is -0.287 e. The summed E-state index contributed by atoms with van der Waals surface area (Å²) in [6.07, 6.45) is 0. The van der Waals surface area contributed by atoms with Crippen LogP contribution in [0.5, 0.6) is 0 Å². The second-order valence-corrected chi connectivity index (χ2v) is 4.67. The van der Waals surface area contributed by atoms with E-state index in [1.807, 2.05) is 49.4 Å². The van der Waals surface area contributed by atoms with E-state index in [2.05, 4.69) is 10.9 Å². The van der Waals surface area contributed by atoms with Crippen LogP contribution in [0.3, 0.4) is 0 Å². The van der Waals surface area contributed by atoms with E-state index in [0.717, 1.165) is 5.56 Å². The molecule has 2 aromatic carbocycles. The Hall–Kier alpha value is -1.84. The summed E-state index contributed by atoms with van der Waals surface area (Å²) in [5.74, 6) is -0.151. The number of amides is 1. The van der Waals surface area contributed by atoms with Gasteiger partial charge in [-0.2, -0.15) is 0 Å². The first kappa shape index (κ1) is 13.6. The van der Waals surface area contributed by atoms with Crippen molar-refractivity contribution in [2.24, 2.45) is 0 Å². The molecule has 2 N–H and O–H groups in total. The number of hydrazine groups is 1. The number of halogens is 1. The monoisotopic (exact) mass is 274 g/mol. The predicted octanol–water partition coefficient (Wildman–Crippen LogP) is 3.34. The standard InChI is InChI=1S/C15H15ClN2O/c1-11(12-7-9-14(16)10-8-12)17-18-15(19)13-5-3-2-4-6-13/h2-11,17H,1H3,(H,18,19)/t11-/m1/s1. The lowest BCUT2D eigenvalue weighted by Gasteiger charge is -2.15. The van der Waals surface area contributed by atoms with Gasteiger partial charge in [-0.1, -0.05) is 41.9 Å². The van der Waals surface area contributed by atoms with Gasteiger partial charge in [0.2, 0.25) is 0 Å². The lowest BCUT2D eigenvalue weighted by molar-refractivity contribution is 0.0926. The molecular formula is C15H15ClN2O.